The molecule has 1 saturated heterocycles. The molecule has 182 valence electrons. The van der Waals surface area contributed by atoms with Crippen LogP contribution < -0.4 is 5.32 Å². The van der Waals surface area contributed by atoms with Crippen molar-refractivity contribution >= 4 is 28.4 Å². The van der Waals surface area contributed by atoms with Gasteiger partial charge in [0.2, 0.25) is 0 Å². The number of thioether (sulfide) groups is 1. The molecule has 2 aromatic heterocycles. The summed E-state index contributed by atoms with van der Waals surface area (Å²) in [6.45, 7) is 2.37. The molecule has 0 radical (unpaired) electrons. The molecule has 0 bridgehead atoms. The first kappa shape index (κ1) is 23.4. The normalized spacial score (nSPS) is 24.1. The van der Waals surface area contributed by atoms with Gasteiger partial charge in [-0.1, -0.05) is 0 Å². The SMILES string of the molecule is CC1=NC2(c3cc(NC(=O)c4cnc(-n5cncn5)cn4)ccc3F)COC(C(C)(F)F)C2CS1. The van der Waals surface area contributed by atoms with Gasteiger partial charge in [0.25, 0.3) is 11.8 Å². The molecule has 3 aromatic rings. The third kappa shape index (κ3) is 4.29. The van der Waals surface area contributed by atoms with Crippen molar-refractivity contribution < 1.29 is 22.7 Å². The number of amides is 1. The van der Waals surface area contributed by atoms with E-state index in [1.54, 1.807) is 6.92 Å². The van der Waals surface area contributed by atoms with Crippen molar-refractivity contribution in [1.29, 1.82) is 0 Å². The molecule has 3 unspecified atom stereocenters. The zero-order valence-electron chi connectivity index (χ0n) is 18.7. The van der Waals surface area contributed by atoms with E-state index < -0.39 is 35.2 Å². The number of ether oxygens (including phenoxy) is 1. The molecule has 1 aromatic carbocycles. The molecular formula is C22H20F3N7O2S. The number of nitrogens with one attached hydrogen (secondary N) is 1. The minimum absolute atomic E-state index is 0.0219. The quantitative estimate of drug-likeness (QED) is 0.568. The van der Waals surface area contributed by atoms with Gasteiger partial charge in [-0.25, -0.2) is 32.8 Å². The van der Waals surface area contributed by atoms with Crippen LogP contribution in [-0.2, 0) is 10.3 Å². The number of fused-ring (bicyclic) bond motifs is 1. The van der Waals surface area contributed by atoms with E-state index in [9.17, 15) is 13.6 Å². The number of hydrogen-bond donors (Lipinski definition) is 1. The van der Waals surface area contributed by atoms with Gasteiger partial charge in [0, 0.05) is 29.8 Å². The minimum atomic E-state index is -3.12. The van der Waals surface area contributed by atoms with Gasteiger partial charge in [-0.05, 0) is 25.1 Å². The predicted octanol–water partition coefficient (Wildman–Crippen LogP) is 3.48. The second-order valence-electron chi connectivity index (χ2n) is 8.41. The Bertz CT molecular complexity index is 1280. The Balaban J connectivity index is 1.44. The van der Waals surface area contributed by atoms with E-state index >= 15 is 4.39 Å². The van der Waals surface area contributed by atoms with E-state index in [2.05, 4.69) is 30.4 Å². The molecule has 1 N–H and O–H groups in total. The lowest BCUT2D eigenvalue weighted by molar-refractivity contribution is -0.113. The summed E-state index contributed by atoms with van der Waals surface area (Å²) in [4.78, 5) is 29.4. The van der Waals surface area contributed by atoms with Crippen molar-refractivity contribution in [1.82, 2.24) is 24.7 Å². The minimum Gasteiger partial charge on any atom is -0.369 e. The third-order valence-corrected chi connectivity index (χ3v) is 7.04. The van der Waals surface area contributed by atoms with Gasteiger partial charge in [-0.2, -0.15) is 5.10 Å². The van der Waals surface area contributed by atoms with Crippen LogP contribution in [0.15, 0.2) is 48.2 Å². The topological polar surface area (TPSA) is 107 Å². The van der Waals surface area contributed by atoms with Crippen LogP contribution in [0.25, 0.3) is 5.82 Å². The van der Waals surface area contributed by atoms with Gasteiger partial charge < -0.3 is 10.1 Å². The molecule has 35 heavy (non-hydrogen) atoms. The summed E-state index contributed by atoms with van der Waals surface area (Å²) >= 11 is 1.34. The molecule has 9 nitrogen and oxygen atoms in total. The first-order valence-electron chi connectivity index (χ1n) is 10.6. The van der Waals surface area contributed by atoms with Gasteiger partial charge >= 0.3 is 0 Å². The summed E-state index contributed by atoms with van der Waals surface area (Å²) in [5.41, 5.74) is -0.934. The zero-order chi connectivity index (χ0) is 24.8. The van der Waals surface area contributed by atoms with Crippen molar-refractivity contribution in [3.8, 4) is 5.82 Å². The first-order chi connectivity index (χ1) is 16.7. The number of carbonyl (C=O) groups is 1. The Morgan fingerprint density at radius 3 is 2.83 bits per heavy atom. The monoisotopic (exact) mass is 503 g/mol. The Hall–Kier alpha value is -3.32. The third-order valence-electron chi connectivity index (χ3n) is 6.01. The zero-order valence-corrected chi connectivity index (χ0v) is 19.5. The molecule has 1 amide bonds. The number of rotatable bonds is 5. The molecule has 0 spiro atoms. The highest BCUT2D eigenvalue weighted by atomic mass is 32.2. The molecule has 13 heteroatoms. The van der Waals surface area contributed by atoms with Gasteiger partial charge in [0.1, 0.15) is 35.8 Å². The average Bonchev–Trinajstić information content (AvgIpc) is 3.48. The smallest absolute Gasteiger partial charge is 0.275 e. The summed E-state index contributed by atoms with van der Waals surface area (Å²) in [6, 6.07) is 3.99. The lowest BCUT2D eigenvalue weighted by Gasteiger charge is -2.37. The molecule has 1 fully saturated rings. The molecule has 5 rings (SSSR count). The number of halogens is 3. The molecule has 0 saturated carbocycles. The lowest BCUT2D eigenvalue weighted by atomic mass is 9.77. The van der Waals surface area contributed by atoms with E-state index in [0.717, 1.165) is 6.92 Å². The van der Waals surface area contributed by atoms with Crippen LogP contribution in [0.2, 0.25) is 0 Å². The maximum Gasteiger partial charge on any atom is 0.275 e. The Morgan fingerprint density at radius 1 is 1.31 bits per heavy atom. The summed E-state index contributed by atoms with van der Waals surface area (Å²) in [5, 5.41) is 7.26. The van der Waals surface area contributed by atoms with Crippen LogP contribution in [0, 0.1) is 11.7 Å². The summed E-state index contributed by atoms with van der Waals surface area (Å²) in [5.74, 6) is -4.36. The molecule has 3 atom stereocenters. The van der Waals surface area contributed by atoms with E-state index in [1.165, 1.54) is 59.7 Å². The number of benzene rings is 1. The van der Waals surface area contributed by atoms with Crippen molar-refractivity contribution in [2.45, 2.75) is 31.4 Å². The molecule has 2 aliphatic heterocycles. The highest BCUT2D eigenvalue weighted by molar-refractivity contribution is 8.13. The largest absolute Gasteiger partial charge is 0.369 e. The lowest BCUT2D eigenvalue weighted by Crippen LogP contribution is -2.45. The van der Waals surface area contributed by atoms with Crippen LogP contribution in [0.4, 0.5) is 18.9 Å². The van der Waals surface area contributed by atoms with E-state index in [-0.39, 0.29) is 23.6 Å². The molecule has 4 heterocycles. The van der Waals surface area contributed by atoms with Gasteiger partial charge in [-0.15, -0.1) is 11.8 Å². The predicted molar refractivity (Wildman–Crippen MR) is 122 cm³/mol. The van der Waals surface area contributed by atoms with E-state index in [4.69, 9.17) is 4.74 Å². The second-order valence-corrected chi connectivity index (χ2v) is 9.62. The van der Waals surface area contributed by atoms with Gasteiger partial charge in [0.15, 0.2) is 5.82 Å². The summed E-state index contributed by atoms with van der Waals surface area (Å²) in [7, 11) is 0. The van der Waals surface area contributed by atoms with Gasteiger partial charge in [-0.3, -0.25) is 9.79 Å². The number of aliphatic imine (C=N–C) groups is 1. The molecule has 0 aliphatic carbocycles. The van der Waals surface area contributed by atoms with Gasteiger partial charge in [0.05, 0.1) is 24.0 Å². The van der Waals surface area contributed by atoms with Crippen molar-refractivity contribution in [3.05, 3.63) is 60.3 Å². The highest BCUT2D eigenvalue weighted by Gasteiger charge is 2.59. The number of hydrogen-bond acceptors (Lipinski definition) is 8. The van der Waals surface area contributed by atoms with Crippen LogP contribution in [0.3, 0.4) is 0 Å². The molecule has 2 aliphatic rings. The van der Waals surface area contributed by atoms with Crippen LogP contribution >= 0.6 is 11.8 Å². The number of alkyl halides is 2. The Labute approximate surface area is 202 Å². The van der Waals surface area contributed by atoms with Crippen molar-refractivity contribution in [2.24, 2.45) is 10.9 Å². The Morgan fingerprint density at radius 2 is 2.14 bits per heavy atom. The fourth-order valence-corrected chi connectivity index (χ4v) is 5.50. The average molecular weight is 504 g/mol. The molecular weight excluding hydrogens is 483 g/mol. The number of aromatic nitrogens is 5. The van der Waals surface area contributed by atoms with E-state index in [1.807, 2.05) is 0 Å². The maximum atomic E-state index is 15.1. The second kappa shape index (κ2) is 8.72. The first-order valence-corrected chi connectivity index (χ1v) is 11.6. The summed E-state index contributed by atoms with van der Waals surface area (Å²) < 4.78 is 50.6. The highest BCUT2D eigenvalue weighted by Crippen LogP contribution is 2.52. The van der Waals surface area contributed by atoms with Crippen molar-refractivity contribution in [2.75, 3.05) is 17.7 Å². The maximum absolute atomic E-state index is 15.1. The number of anilines is 1. The number of carbonyl (C=O) groups excluding carboxylic acids is 1. The van der Waals surface area contributed by atoms with Crippen LogP contribution in [0.5, 0.6) is 0 Å². The Kier molecular flexibility index (Phi) is 5.83. The van der Waals surface area contributed by atoms with Crippen LogP contribution in [-0.4, -0.2) is 60.1 Å². The number of nitrogens with zero attached hydrogens (tertiary/aromatic N) is 6. The fraction of sp³-hybridized carbons (Fsp3) is 0.364. The summed E-state index contributed by atoms with van der Waals surface area (Å²) in [6.07, 6.45) is 4.02. The fourth-order valence-electron chi connectivity index (χ4n) is 4.41. The van der Waals surface area contributed by atoms with E-state index in [0.29, 0.717) is 16.6 Å². The van der Waals surface area contributed by atoms with Crippen molar-refractivity contribution in [3.63, 3.8) is 0 Å². The van der Waals surface area contributed by atoms with Crippen LogP contribution in [0.1, 0.15) is 29.9 Å². The standard InChI is InChI=1S/C22H20F3N7O2S/c1-12-31-22(9-34-19(21(2,24)25)15(22)8-35-12)14-5-13(3-4-16(14)23)30-20(33)17-6-28-18(7-27-17)32-11-26-10-29-32/h3-7,10-11,15,19H,8-9H2,1-2H3,(H,30,33).